The van der Waals surface area contributed by atoms with Gasteiger partial charge in [-0.3, -0.25) is 9.59 Å². The van der Waals surface area contributed by atoms with Crippen LogP contribution in [0, 0.1) is 5.82 Å². The average molecular weight is 442 g/mol. The minimum Gasteiger partial charge on any atom is -0.345 e. The summed E-state index contributed by atoms with van der Waals surface area (Å²) in [5, 5.41) is 2.74. The number of hydrogen-bond acceptors (Lipinski definition) is 3. The molecule has 0 radical (unpaired) electrons. The molecule has 0 bridgehead atoms. The van der Waals surface area contributed by atoms with Gasteiger partial charge in [-0.1, -0.05) is 42.5 Å². The molecular weight excluding hydrogens is 419 g/mol. The van der Waals surface area contributed by atoms with Crippen molar-refractivity contribution in [2.45, 2.75) is 25.9 Å². The molecule has 0 atom stereocenters. The highest BCUT2D eigenvalue weighted by Crippen LogP contribution is 2.27. The number of rotatable bonds is 5. The highest BCUT2D eigenvalue weighted by atomic mass is 19.1. The third kappa shape index (κ3) is 4.09. The number of amides is 2. The maximum atomic E-state index is 14.0. The first kappa shape index (κ1) is 20.9. The van der Waals surface area contributed by atoms with E-state index in [9.17, 15) is 14.0 Å². The summed E-state index contributed by atoms with van der Waals surface area (Å²) < 4.78 is 15.8. The van der Waals surface area contributed by atoms with Crippen molar-refractivity contribution >= 4 is 28.5 Å². The van der Waals surface area contributed by atoms with E-state index in [0.29, 0.717) is 12.4 Å². The number of para-hydroxylation sites is 3. The van der Waals surface area contributed by atoms with Crippen LogP contribution in [-0.4, -0.2) is 27.9 Å². The zero-order valence-electron chi connectivity index (χ0n) is 18.0. The maximum Gasteiger partial charge on any atom is 0.254 e. The van der Waals surface area contributed by atoms with Gasteiger partial charge in [0.1, 0.15) is 18.2 Å². The predicted molar refractivity (Wildman–Crippen MR) is 124 cm³/mol. The number of aromatic nitrogens is 2. The summed E-state index contributed by atoms with van der Waals surface area (Å²) in [6.45, 7) is 0.841. The summed E-state index contributed by atoms with van der Waals surface area (Å²) in [7, 11) is 0. The normalized spacial score (nSPS) is 13.1. The highest BCUT2D eigenvalue weighted by Gasteiger charge is 2.24. The van der Waals surface area contributed by atoms with Crippen LogP contribution in [-0.2, 0) is 24.3 Å². The molecule has 0 fully saturated rings. The van der Waals surface area contributed by atoms with E-state index < -0.39 is 11.7 Å². The molecule has 0 aliphatic carbocycles. The molecule has 3 aromatic carbocycles. The fourth-order valence-corrected chi connectivity index (χ4v) is 4.35. The molecular formula is C26H23FN4O2. The van der Waals surface area contributed by atoms with Crippen LogP contribution in [0.1, 0.15) is 28.2 Å². The minimum atomic E-state index is -0.581. The van der Waals surface area contributed by atoms with E-state index in [0.717, 1.165) is 29.6 Å². The Kier molecular flexibility index (Phi) is 5.60. The molecule has 2 heterocycles. The van der Waals surface area contributed by atoms with Gasteiger partial charge in [-0.2, -0.15) is 0 Å². The van der Waals surface area contributed by atoms with E-state index in [2.05, 4.69) is 16.4 Å². The molecule has 1 aliphatic rings. The number of aryl methyl sites for hydroxylation is 1. The van der Waals surface area contributed by atoms with Crippen molar-refractivity contribution in [1.29, 1.82) is 0 Å². The molecule has 0 spiro atoms. The molecule has 33 heavy (non-hydrogen) atoms. The van der Waals surface area contributed by atoms with Crippen molar-refractivity contribution in [1.82, 2.24) is 14.9 Å². The number of nitrogens with zero attached hydrogens (tertiary/aromatic N) is 3. The standard InChI is InChI=1S/C26H23FN4O2/c27-20-11-3-2-10-19(20)26(33)28-16-24-29-21-12-4-6-14-23(21)31(24)17-25(32)30-15-7-9-18-8-1-5-13-22(18)30/h1-6,8,10-14H,7,9,15-17H2,(H,28,33). The van der Waals surface area contributed by atoms with Crippen LogP contribution in [0.5, 0.6) is 0 Å². The molecule has 6 nitrogen and oxygen atoms in total. The minimum absolute atomic E-state index is 0.0267. The number of halogens is 1. The van der Waals surface area contributed by atoms with E-state index in [4.69, 9.17) is 0 Å². The Balaban J connectivity index is 1.41. The van der Waals surface area contributed by atoms with Gasteiger partial charge in [0, 0.05) is 12.2 Å². The Hall–Kier alpha value is -4.00. The molecule has 4 aromatic rings. The summed E-state index contributed by atoms with van der Waals surface area (Å²) in [5.41, 5.74) is 3.64. The second-order valence-electron chi connectivity index (χ2n) is 8.04. The third-order valence-corrected chi connectivity index (χ3v) is 5.96. The molecule has 5 rings (SSSR count). The fraction of sp³-hybridized carbons (Fsp3) is 0.192. The van der Waals surface area contributed by atoms with Crippen LogP contribution >= 0.6 is 0 Å². The van der Waals surface area contributed by atoms with E-state index in [-0.39, 0.29) is 24.6 Å². The topological polar surface area (TPSA) is 67.2 Å². The lowest BCUT2D eigenvalue weighted by molar-refractivity contribution is -0.119. The van der Waals surface area contributed by atoms with E-state index in [1.165, 1.54) is 23.8 Å². The molecule has 2 amide bonds. The summed E-state index contributed by atoms with van der Waals surface area (Å²) in [6, 6.07) is 21.4. The van der Waals surface area contributed by atoms with Gasteiger partial charge in [-0.15, -0.1) is 0 Å². The summed E-state index contributed by atoms with van der Waals surface area (Å²) >= 11 is 0. The second-order valence-corrected chi connectivity index (χ2v) is 8.04. The average Bonchev–Trinajstić information content (AvgIpc) is 3.19. The largest absolute Gasteiger partial charge is 0.345 e. The molecule has 7 heteroatoms. The summed E-state index contributed by atoms with van der Waals surface area (Å²) in [4.78, 5) is 32.3. The predicted octanol–water partition coefficient (Wildman–Crippen LogP) is 4.08. The molecule has 1 N–H and O–H groups in total. The molecule has 0 saturated carbocycles. The summed E-state index contributed by atoms with van der Waals surface area (Å²) in [5.74, 6) is -0.600. The highest BCUT2D eigenvalue weighted by molar-refractivity contribution is 5.96. The van der Waals surface area contributed by atoms with Gasteiger partial charge in [0.2, 0.25) is 5.91 Å². The molecule has 1 aromatic heterocycles. The van der Waals surface area contributed by atoms with E-state index in [1.54, 1.807) is 6.07 Å². The smallest absolute Gasteiger partial charge is 0.254 e. The SMILES string of the molecule is O=C(NCc1nc2ccccc2n1CC(=O)N1CCCc2ccccc21)c1ccccc1F. The number of carbonyl (C=O) groups excluding carboxylic acids is 2. The lowest BCUT2D eigenvalue weighted by atomic mass is 10.0. The Morgan fingerprint density at radius 2 is 1.73 bits per heavy atom. The number of anilines is 1. The lowest BCUT2D eigenvalue weighted by Crippen LogP contribution is -2.38. The quantitative estimate of drug-likeness (QED) is 0.506. The number of fused-ring (bicyclic) bond motifs is 2. The first-order valence-electron chi connectivity index (χ1n) is 11.0. The Bertz CT molecular complexity index is 1350. The maximum absolute atomic E-state index is 14.0. The number of hydrogen-bond donors (Lipinski definition) is 1. The van der Waals surface area contributed by atoms with Crippen molar-refractivity contribution in [2.75, 3.05) is 11.4 Å². The second kappa shape index (κ2) is 8.86. The van der Waals surface area contributed by atoms with Crippen molar-refractivity contribution in [3.05, 3.63) is 95.6 Å². The van der Waals surface area contributed by atoms with Crippen molar-refractivity contribution in [3.8, 4) is 0 Å². The first-order valence-corrected chi connectivity index (χ1v) is 11.0. The van der Waals surface area contributed by atoms with Gasteiger partial charge < -0.3 is 14.8 Å². The Labute approximate surface area is 190 Å². The van der Waals surface area contributed by atoms with E-state index >= 15 is 0 Å². The van der Waals surface area contributed by atoms with Crippen LogP contribution < -0.4 is 10.2 Å². The van der Waals surface area contributed by atoms with Crippen LogP contribution in [0.4, 0.5) is 10.1 Å². The fourth-order valence-electron chi connectivity index (χ4n) is 4.35. The number of nitrogens with one attached hydrogen (secondary N) is 1. The van der Waals surface area contributed by atoms with Crippen molar-refractivity contribution in [2.24, 2.45) is 0 Å². The lowest BCUT2D eigenvalue weighted by Gasteiger charge is -2.29. The molecule has 0 saturated heterocycles. The monoisotopic (exact) mass is 442 g/mol. The Morgan fingerprint density at radius 3 is 2.61 bits per heavy atom. The summed E-state index contributed by atoms with van der Waals surface area (Å²) in [6.07, 6.45) is 1.88. The Morgan fingerprint density at radius 1 is 0.970 bits per heavy atom. The van der Waals surface area contributed by atoms with Crippen LogP contribution in [0.15, 0.2) is 72.8 Å². The number of imidazole rings is 1. The molecule has 0 unspecified atom stereocenters. The van der Waals surface area contributed by atoms with Gasteiger partial charge >= 0.3 is 0 Å². The van der Waals surface area contributed by atoms with Gasteiger partial charge in [0.05, 0.1) is 23.1 Å². The first-order chi connectivity index (χ1) is 16.1. The van der Waals surface area contributed by atoms with Gasteiger partial charge in [-0.25, -0.2) is 9.37 Å². The number of carbonyl (C=O) groups is 2. The van der Waals surface area contributed by atoms with Crippen LogP contribution in [0.3, 0.4) is 0 Å². The zero-order valence-corrected chi connectivity index (χ0v) is 18.0. The van der Waals surface area contributed by atoms with Gasteiger partial charge in [0.25, 0.3) is 5.91 Å². The van der Waals surface area contributed by atoms with Gasteiger partial charge in [0.15, 0.2) is 0 Å². The zero-order chi connectivity index (χ0) is 22.8. The van der Waals surface area contributed by atoms with Crippen LogP contribution in [0.2, 0.25) is 0 Å². The number of benzene rings is 3. The molecule has 1 aliphatic heterocycles. The van der Waals surface area contributed by atoms with Crippen molar-refractivity contribution < 1.29 is 14.0 Å². The van der Waals surface area contributed by atoms with Crippen molar-refractivity contribution in [3.63, 3.8) is 0 Å². The third-order valence-electron chi connectivity index (χ3n) is 5.96. The van der Waals surface area contributed by atoms with Crippen LogP contribution in [0.25, 0.3) is 11.0 Å². The molecule has 166 valence electrons. The van der Waals surface area contributed by atoms with E-state index in [1.807, 2.05) is 51.9 Å². The van der Waals surface area contributed by atoms with Gasteiger partial charge in [-0.05, 0) is 48.7 Å².